The van der Waals surface area contributed by atoms with Crippen LogP contribution in [-0.4, -0.2) is 63.1 Å². The van der Waals surface area contributed by atoms with E-state index in [1.165, 1.54) is 31.2 Å². The zero-order chi connectivity index (χ0) is 29.4. The summed E-state index contributed by atoms with van der Waals surface area (Å²) in [7, 11) is -1.42. The van der Waals surface area contributed by atoms with Crippen LogP contribution in [0.2, 0.25) is 5.02 Å². The van der Waals surface area contributed by atoms with Gasteiger partial charge in [-0.25, -0.2) is 8.42 Å². The number of carbonyl (C=O) groups excluding carboxylic acids is 2. The Labute approximate surface area is 237 Å². The summed E-state index contributed by atoms with van der Waals surface area (Å²) < 4.78 is 31.8. The number of halogens is 1. The maximum absolute atomic E-state index is 14.0. The number of amides is 2. The number of hydrogen-bond donors (Lipinski definition) is 1. The van der Waals surface area contributed by atoms with Crippen LogP contribution in [0.5, 0.6) is 5.75 Å². The molecule has 1 atom stereocenters. The van der Waals surface area contributed by atoms with Gasteiger partial charge < -0.3 is 15.0 Å². The van der Waals surface area contributed by atoms with E-state index in [1.807, 2.05) is 30.3 Å². The van der Waals surface area contributed by atoms with Gasteiger partial charge >= 0.3 is 0 Å². The number of nitro groups is 1. The number of hydrogen-bond acceptors (Lipinski definition) is 7. The SMILES string of the molecule is CNC(=O)[C@@H](Cc1ccccc1)N(Cc1ccc(Cl)cc1)C(=O)CN(c1cc([N+](=O)[O-])ccc1OC)S(C)(=O)=O. The fourth-order valence-electron chi connectivity index (χ4n) is 4.09. The van der Waals surface area contributed by atoms with E-state index in [9.17, 15) is 28.1 Å². The van der Waals surface area contributed by atoms with E-state index < -0.39 is 39.3 Å². The molecule has 3 aromatic carbocycles. The van der Waals surface area contributed by atoms with Gasteiger partial charge in [-0.1, -0.05) is 54.1 Å². The first-order chi connectivity index (χ1) is 18.9. The number of likely N-dealkylation sites (N-methyl/N-ethyl adjacent to an activating group) is 1. The minimum Gasteiger partial charge on any atom is -0.495 e. The van der Waals surface area contributed by atoms with Crippen molar-refractivity contribution in [1.82, 2.24) is 10.2 Å². The molecule has 0 saturated carbocycles. The van der Waals surface area contributed by atoms with Crippen molar-refractivity contribution in [3.8, 4) is 5.75 Å². The van der Waals surface area contributed by atoms with E-state index in [2.05, 4.69) is 5.32 Å². The van der Waals surface area contributed by atoms with Crippen molar-refractivity contribution in [2.24, 2.45) is 0 Å². The molecule has 3 aromatic rings. The number of nitrogens with one attached hydrogen (secondary N) is 1. The highest BCUT2D eigenvalue weighted by atomic mass is 35.5. The van der Waals surface area contributed by atoms with Gasteiger partial charge in [-0.15, -0.1) is 0 Å². The number of methoxy groups -OCH3 is 1. The minimum atomic E-state index is -4.15. The summed E-state index contributed by atoms with van der Waals surface area (Å²) in [6, 6.07) is 18.2. The van der Waals surface area contributed by atoms with Gasteiger partial charge in [0.1, 0.15) is 24.0 Å². The number of anilines is 1. The van der Waals surface area contributed by atoms with Crippen LogP contribution in [0.3, 0.4) is 0 Å². The lowest BCUT2D eigenvalue weighted by Crippen LogP contribution is -2.52. The number of nitrogens with zero attached hydrogens (tertiary/aromatic N) is 3. The van der Waals surface area contributed by atoms with Gasteiger partial charge in [-0.2, -0.15) is 0 Å². The molecule has 212 valence electrons. The fraction of sp³-hybridized carbons (Fsp3) is 0.259. The van der Waals surface area contributed by atoms with Crippen molar-refractivity contribution >= 4 is 44.8 Å². The molecule has 0 aliphatic carbocycles. The Morgan fingerprint density at radius 2 is 1.70 bits per heavy atom. The number of non-ortho nitro benzene ring substituents is 1. The van der Waals surface area contributed by atoms with Gasteiger partial charge in [0.25, 0.3) is 5.69 Å². The summed E-state index contributed by atoms with van der Waals surface area (Å²) in [6.45, 7) is -0.781. The van der Waals surface area contributed by atoms with E-state index in [1.54, 1.807) is 24.3 Å². The van der Waals surface area contributed by atoms with Gasteiger partial charge in [-0.05, 0) is 29.3 Å². The molecule has 0 fully saturated rings. The summed E-state index contributed by atoms with van der Waals surface area (Å²) in [5.41, 5.74) is 0.865. The van der Waals surface area contributed by atoms with Crippen LogP contribution in [0.15, 0.2) is 72.8 Å². The molecule has 1 N–H and O–H groups in total. The standard InChI is InChI=1S/C27H29ClN4O7S/c1-29-27(34)24(15-19-7-5-4-6-8-19)30(17-20-9-11-21(28)12-10-20)26(33)18-31(40(3,37)38)23-16-22(32(35)36)13-14-25(23)39-2/h4-14,16,24H,15,17-18H2,1-3H3,(H,29,34)/t24-/m1/s1. The third kappa shape index (κ3) is 7.70. The maximum atomic E-state index is 14.0. The van der Waals surface area contributed by atoms with Crippen molar-refractivity contribution in [2.45, 2.75) is 19.0 Å². The number of carbonyl (C=O) groups is 2. The van der Waals surface area contributed by atoms with Gasteiger partial charge in [0.15, 0.2) is 0 Å². The van der Waals surface area contributed by atoms with Crippen LogP contribution < -0.4 is 14.4 Å². The first-order valence-corrected chi connectivity index (χ1v) is 14.3. The van der Waals surface area contributed by atoms with Gasteiger partial charge in [0.2, 0.25) is 21.8 Å². The molecule has 11 nitrogen and oxygen atoms in total. The number of benzene rings is 3. The Hall–Kier alpha value is -4.16. The first kappa shape index (κ1) is 30.4. The predicted molar refractivity (Wildman–Crippen MR) is 152 cm³/mol. The average molecular weight is 589 g/mol. The fourth-order valence-corrected chi connectivity index (χ4v) is 5.06. The highest BCUT2D eigenvalue weighted by Crippen LogP contribution is 2.34. The number of nitro benzene ring substituents is 1. The van der Waals surface area contributed by atoms with E-state index >= 15 is 0 Å². The second-order valence-corrected chi connectivity index (χ2v) is 11.2. The molecule has 0 radical (unpaired) electrons. The third-order valence-electron chi connectivity index (χ3n) is 6.10. The Morgan fingerprint density at radius 3 is 2.25 bits per heavy atom. The van der Waals surface area contributed by atoms with Gasteiger partial charge in [0.05, 0.1) is 18.3 Å². The third-order valence-corrected chi connectivity index (χ3v) is 7.48. The molecule has 0 aromatic heterocycles. The largest absolute Gasteiger partial charge is 0.495 e. The zero-order valence-corrected chi connectivity index (χ0v) is 23.7. The van der Waals surface area contributed by atoms with E-state index in [0.29, 0.717) is 10.6 Å². The predicted octanol–water partition coefficient (Wildman–Crippen LogP) is 3.41. The first-order valence-electron chi connectivity index (χ1n) is 12.0. The number of rotatable bonds is 12. The zero-order valence-electron chi connectivity index (χ0n) is 22.1. The Kier molecular flexibility index (Phi) is 10.1. The maximum Gasteiger partial charge on any atom is 0.271 e. The highest BCUT2D eigenvalue weighted by molar-refractivity contribution is 7.92. The normalized spacial score (nSPS) is 11.8. The summed E-state index contributed by atoms with van der Waals surface area (Å²) >= 11 is 6.03. The van der Waals surface area contributed by atoms with E-state index in [-0.39, 0.29) is 30.1 Å². The van der Waals surface area contributed by atoms with Crippen molar-refractivity contribution < 1.29 is 27.7 Å². The lowest BCUT2D eigenvalue weighted by atomic mass is 10.0. The summed E-state index contributed by atoms with van der Waals surface area (Å²) in [6.07, 6.45) is 1.03. The van der Waals surface area contributed by atoms with Crippen LogP contribution in [0, 0.1) is 10.1 Å². The van der Waals surface area contributed by atoms with Crippen LogP contribution in [-0.2, 0) is 32.6 Å². The average Bonchev–Trinajstić information content (AvgIpc) is 2.93. The smallest absolute Gasteiger partial charge is 0.271 e. The molecule has 2 amide bonds. The Bertz CT molecular complexity index is 1470. The summed E-state index contributed by atoms with van der Waals surface area (Å²) in [4.78, 5) is 39.1. The molecular weight excluding hydrogens is 560 g/mol. The molecule has 0 aliphatic rings. The van der Waals surface area contributed by atoms with Crippen molar-refractivity contribution in [3.63, 3.8) is 0 Å². The lowest BCUT2D eigenvalue weighted by Gasteiger charge is -2.33. The molecule has 0 aliphatic heterocycles. The van der Waals surface area contributed by atoms with Gasteiger partial charge in [-0.3, -0.25) is 24.0 Å². The molecule has 0 spiro atoms. The molecule has 0 heterocycles. The summed E-state index contributed by atoms with van der Waals surface area (Å²) in [5.74, 6) is -1.15. The van der Waals surface area contributed by atoms with Crippen LogP contribution >= 0.6 is 11.6 Å². The van der Waals surface area contributed by atoms with E-state index in [0.717, 1.165) is 22.2 Å². The topological polar surface area (TPSA) is 139 Å². The second kappa shape index (κ2) is 13.3. The summed E-state index contributed by atoms with van der Waals surface area (Å²) in [5, 5.41) is 14.5. The van der Waals surface area contributed by atoms with Crippen molar-refractivity contribution in [3.05, 3.63) is 99.1 Å². The second-order valence-electron chi connectivity index (χ2n) is 8.85. The molecule has 0 unspecified atom stereocenters. The van der Waals surface area contributed by atoms with Crippen molar-refractivity contribution in [2.75, 3.05) is 31.3 Å². The molecule has 13 heteroatoms. The van der Waals surface area contributed by atoms with Gasteiger partial charge in [0, 0.05) is 37.2 Å². The Morgan fingerprint density at radius 1 is 1.05 bits per heavy atom. The Balaban J connectivity index is 2.09. The van der Waals surface area contributed by atoms with Crippen LogP contribution in [0.25, 0.3) is 0 Å². The molecule has 3 rings (SSSR count). The van der Waals surface area contributed by atoms with Crippen molar-refractivity contribution in [1.29, 1.82) is 0 Å². The monoisotopic (exact) mass is 588 g/mol. The van der Waals surface area contributed by atoms with Crippen LogP contribution in [0.1, 0.15) is 11.1 Å². The number of sulfonamides is 1. The van der Waals surface area contributed by atoms with Crippen LogP contribution in [0.4, 0.5) is 11.4 Å². The molecular formula is C27H29ClN4O7S. The lowest BCUT2D eigenvalue weighted by molar-refractivity contribution is -0.384. The molecule has 40 heavy (non-hydrogen) atoms. The quantitative estimate of drug-likeness (QED) is 0.253. The minimum absolute atomic E-state index is 0.0141. The molecule has 0 bridgehead atoms. The number of ether oxygens (including phenoxy) is 1. The highest BCUT2D eigenvalue weighted by Gasteiger charge is 2.34. The van der Waals surface area contributed by atoms with E-state index in [4.69, 9.17) is 16.3 Å². The molecule has 0 saturated heterocycles.